The van der Waals surface area contributed by atoms with Crippen molar-refractivity contribution >= 4 is 31.6 Å². The topological polar surface area (TPSA) is 113 Å². The third kappa shape index (κ3) is 5.28. The van der Waals surface area contributed by atoms with Crippen molar-refractivity contribution in [1.29, 1.82) is 0 Å². The molecule has 0 aliphatic carbocycles. The third-order valence-electron chi connectivity index (χ3n) is 5.88. The maximum atomic E-state index is 13.0. The van der Waals surface area contributed by atoms with Crippen molar-refractivity contribution in [2.75, 3.05) is 42.9 Å². The summed E-state index contributed by atoms with van der Waals surface area (Å²) in [5, 5.41) is 0. The highest BCUT2D eigenvalue weighted by Gasteiger charge is 2.36. The van der Waals surface area contributed by atoms with E-state index >= 15 is 0 Å². The lowest BCUT2D eigenvalue weighted by molar-refractivity contribution is -0.116. The van der Waals surface area contributed by atoms with E-state index in [-0.39, 0.29) is 35.3 Å². The Kier molecular flexibility index (Phi) is 6.87. The van der Waals surface area contributed by atoms with Crippen LogP contribution in [0.2, 0.25) is 0 Å². The molecule has 1 atom stereocenters. The van der Waals surface area contributed by atoms with E-state index in [1.54, 1.807) is 0 Å². The minimum Gasteiger partial charge on any atom is -0.379 e. The van der Waals surface area contributed by atoms with Gasteiger partial charge in [0.2, 0.25) is 26.0 Å². The first-order valence-corrected chi connectivity index (χ1v) is 13.8. The summed E-state index contributed by atoms with van der Waals surface area (Å²) in [6.07, 6.45) is -0.0775. The first-order chi connectivity index (χ1) is 15.7. The molecule has 2 aromatic carbocycles. The lowest BCUT2D eigenvalue weighted by atomic mass is 10.0. The minimum atomic E-state index is -3.85. The number of hydrogen-bond acceptors (Lipinski definition) is 7. The number of sulfonamides is 2. The van der Waals surface area contributed by atoms with Gasteiger partial charge in [-0.15, -0.1) is 0 Å². The number of nitrogens with zero attached hydrogens (tertiary/aromatic N) is 2. The third-order valence-corrected chi connectivity index (χ3v) is 9.01. The number of hydrogen-bond donors (Lipinski definition) is 1. The van der Waals surface area contributed by atoms with Gasteiger partial charge in [0, 0.05) is 32.1 Å². The van der Waals surface area contributed by atoms with Gasteiger partial charge >= 0.3 is 0 Å². The van der Waals surface area contributed by atoms with Crippen molar-refractivity contribution in [2.24, 2.45) is 0 Å². The number of carbonyl (C=O) groups is 1. The monoisotopic (exact) mass is 493 g/mol. The van der Waals surface area contributed by atoms with Crippen LogP contribution in [0, 0.1) is 6.92 Å². The second-order valence-corrected chi connectivity index (χ2v) is 11.8. The number of benzene rings is 2. The van der Waals surface area contributed by atoms with Crippen LogP contribution in [0.4, 0.5) is 5.69 Å². The van der Waals surface area contributed by atoms with E-state index in [2.05, 4.69) is 9.62 Å². The summed E-state index contributed by atoms with van der Waals surface area (Å²) < 4.78 is 59.0. The fraction of sp³-hybridized carbons (Fsp3) is 0.409. The van der Waals surface area contributed by atoms with Crippen molar-refractivity contribution in [3.05, 3.63) is 59.7 Å². The molecule has 2 aromatic rings. The largest absolute Gasteiger partial charge is 0.379 e. The lowest BCUT2D eigenvalue weighted by Gasteiger charge is -2.35. The second kappa shape index (κ2) is 9.51. The van der Waals surface area contributed by atoms with Crippen molar-refractivity contribution in [2.45, 2.75) is 24.3 Å². The van der Waals surface area contributed by atoms with Crippen LogP contribution in [-0.4, -0.2) is 66.2 Å². The van der Waals surface area contributed by atoms with Crippen LogP contribution in [0.1, 0.15) is 23.6 Å². The highest BCUT2D eigenvalue weighted by molar-refractivity contribution is 7.94. The summed E-state index contributed by atoms with van der Waals surface area (Å²) in [6, 6.07) is 13.2. The number of anilines is 1. The van der Waals surface area contributed by atoms with E-state index in [9.17, 15) is 21.6 Å². The molecule has 2 fully saturated rings. The van der Waals surface area contributed by atoms with Gasteiger partial charge in [0.15, 0.2) is 0 Å². The molecular weight excluding hydrogens is 466 g/mol. The number of morpholine rings is 1. The predicted octanol–water partition coefficient (Wildman–Crippen LogP) is 1.41. The summed E-state index contributed by atoms with van der Waals surface area (Å²) in [5.74, 6) is -0.759. The Morgan fingerprint density at radius 1 is 1.03 bits per heavy atom. The fourth-order valence-electron chi connectivity index (χ4n) is 4.04. The van der Waals surface area contributed by atoms with Crippen molar-refractivity contribution in [3.8, 4) is 0 Å². The van der Waals surface area contributed by atoms with Gasteiger partial charge in [-0.1, -0.05) is 29.8 Å². The number of nitrogens with one attached hydrogen (secondary N) is 1. The molecule has 0 saturated carbocycles. The maximum absolute atomic E-state index is 13.0. The van der Waals surface area contributed by atoms with Crippen molar-refractivity contribution in [3.63, 3.8) is 0 Å². The average molecular weight is 494 g/mol. The summed E-state index contributed by atoms with van der Waals surface area (Å²) in [4.78, 5) is 14.2. The molecule has 1 amide bonds. The first kappa shape index (κ1) is 23.8. The molecule has 4 rings (SSSR count). The van der Waals surface area contributed by atoms with Crippen molar-refractivity contribution in [1.82, 2.24) is 9.62 Å². The predicted molar refractivity (Wildman–Crippen MR) is 124 cm³/mol. The number of aryl methyl sites for hydroxylation is 1. The summed E-state index contributed by atoms with van der Waals surface area (Å²) >= 11 is 0. The summed E-state index contributed by atoms with van der Waals surface area (Å²) in [6.45, 7) is 4.76. The van der Waals surface area contributed by atoms with E-state index in [1.165, 1.54) is 24.3 Å². The lowest BCUT2D eigenvalue weighted by Crippen LogP contribution is -2.43. The molecule has 178 valence electrons. The molecule has 2 saturated heterocycles. The van der Waals surface area contributed by atoms with Crippen LogP contribution in [0.3, 0.4) is 0 Å². The van der Waals surface area contributed by atoms with Crippen LogP contribution in [0.5, 0.6) is 0 Å². The molecular formula is C22H27N3O6S2. The van der Waals surface area contributed by atoms with Crippen molar-refractivity contribution < 1.29 is 26.4 Å². The molecule has 2 heterocycles. The van der Waals surface area contributed by atoms with E-state index in [1.807, 2.05) is 31.2 Å². The van der Waals surface area contributed by atoms with Gasteiger partial charge < -0.3 is 4.74 Å². The molecule has 33 heavy (non-hydrogen) atoms. The van der Waals surface area contributed by atoms with Gasteiger partial charge in [0.25, 0.3) is 0 Å². The Morgan fingerprint density at radius 2 is 1.67 bits per heavy atom. The normalized spacial score (nSPS) is 20.2. The zero-order valence-corrected chi connectivity index (χ0v) is 19.9. The number of amides is 1. The van der Waals surface area contributed by atoms with Gasteiger partial charge in [-0.25, -0.2) is 25.9 Å². The Balaban J connectivity index is 1.51. The molecule has 2 aliphatic rings. The van der Waals surface area contributed by atoms with E-state index in [0.717, 1.165) is 15.4 Å². The molecule has 0 spiro atoms. The minimum absolute atomic E-state index is 0.0000671. The summed E-state index contributed by atoms with van der Waals surface area (Å²) in [7, 11) is -7.56. The molecule has 11 heteroatoms. The zero-order valence-electron chi connectivity index (χ0n) is 18.3. The molecule has 2 aliphatic heterocycles. The Morgan fingerprint density at radius 3 is 2.24 bits per heavy atom. The molecule has 0 unspecified atom stereocenters. The molecule has 0 radical (unpaired) electrons. The van der Waals surface area contributed by atoms with Gasteiger partial charge in [-0.05, 0) is 36.8 Å². The Labute approximate surface area is 194 Å². The van der Waals surface area contributed by atoms with E-state index in [4.69, 9.17) is 4.74 Å². The molecule has 1 N–H and O–H groups in total. The van der Waals surface area contributed by atoms with Crippen LogP contribution in [-0.2, 0) is 29.6 Å². The van der Waals surface area contributed by atoms with E-state index in [0.29, 0.717) is 26.3 Å². The van der Waals surface area contributed by atoms with Gasteiger partial charge in [0.05, 0.1) is 29.5 Å². The quantitative estimate of drug-likeness (QED) is 0.621. The van der Waals surface area contributed by atoms with Crippen LogP contribution < -0.4 is 9.03 Å². The standard InChI is InChI=1S/C22H27N3O6S2/c1-17-2-4-18(5-3-17)21(24-11-13-31-14-12-24)16-23-33(29,30)20-8-6-19(7-9-20)25-22(26)10-15-32(25,27)28/h2-9,21,23H,10-16H2,1H3/t21-/m0/s1. The SMILES string of the molecule is Cc1ccc([C@H](CNS(=O)(=O)c2ccc(N3C(=O)CCS3(=O)=O)cc2)N2CCOCC2)cc1. The van der Waals surface area contributed by atoms with Gasteiger partial charge in [-0.3, -0.25) is 9.69 Å². The van der Waals surface area contributed by atoms with Gasteiger partial charge in [-0.2, -0.15) is 0 Å². The van der Waals surface area contributed by atoms with Gasteiger partial charge in [0.1, 0.15) is 0 Å². The highest BCUT2D eigenvalue weighted by atomic mass is 32.2. The Hall–Kier alpha value is -2.31. The first-order valence-electron chi connectivity index (χ1n) is 10.7. The molecule has 0 aromatic heterocycles. The van der Waals surface area contributed by atoms with E-state index < -0.39 is 26.0 Å². The smallest absolute Gasteiger partial charge is 0.242 e. The Bertz CT molecular complexity index is 1210. The average Bonchev–Trinajstić information content (AvgIpc) is 3.08. The second-order valence-electron chi connectivity index (χ2n) is 8.14. The zero-order chi connectivity index (χ0) is 23.6. The number of carbonyl (C=O) groups excluding carboxylic acids is 1. The summed E-state index contributed by atoms with van der Waals surface area (Å²) in [5.41, 5.74) is 2.28. The fourth-order valence-corrected chi connectivity index (χ4v) is 6.53. The number of rotatable bonds is 7. The van der Waals surface area contributed by atoms with Crippen LogP contribution in [0.25, 0.3) is 0 Å². The van der Waals surface area contributed by atoms with Crippen LogP contribution in [0.15, 0.2) is 53.4 Å². The van der Waals surface area contributed by atoms with Crippen LogP contribution >= 0.6 is 0 Å². The maximum Gasteiger partial charge on any atom is 0.242 e. The molecule has 9 nitrogen and oxygen atoms in total. The molecule has 0 bridgehead atoms. The number of ether oxygens (including phenoxy) is 1. The highest BCUT2D eigenvalue weighted by Crippen LogP contribution is 2.27.